The second kappa shape index (κ2) is 5.86. The molecule has 5 nitrogen and oxygen atoms in total. The van der Waals surface area contributed by atoms with Gasteiger partial charge in [0.05, 0.1) is 11.5 Å². The fourth-order valence-corrected chi connectivity index (χ4v) is 2.94. The minimum atomic E-state index is -4.43. The Morgan fingerprint density at radius 2 is 2.00 bits per heavy atom. The maximum absolute atomic E-state index is 13.1. The van der Waals surface area contributed by atoms with Crippen LogP contribution in [0, 0.1) is 5.92 Å². The smallest absolute Gasteiger partial charge is 0.416 e. The first-order chi connectivity index (χ1) is 11.9. The maximum Gasteiger partial charge on any atom is 0.416 e. The Morgan fingerprint density at radius 3 is 2.72 bits per heavy atom. The monoisotopic (exact) mass is 352 g/mol. The highest BCUT2D eigenvalue weighted by molar-refractivity contribution is 5.77. The van der Waals surface area contributed by atoms with Crippen LogP contribution in [-0.2, 0) is 22.3 Å². The van der Waals surface area contributed by atoms with E-state index < -0.39 is 29.5 Å². The minimum absolute atomic E-state index is 0.144. The van der Waals surface area contributed by atoms with E-state index in [1.807, 2.05) is 0 Å². The predicted octanol–water partition coefficient (Wildman–Crippen LogP) is 3.81. The molecule has 1 heterocycles. The fraction of sp³-hybridized carbons (Fsp3) is 0.471. The van der Waals surface area contributed by atoms with E-state index in [9.17, 15) is 18.0 Å². The second-order valence-electron chi connectivity index (χ2n) is 6.45. The molecule has 0 unspecified atom stereocenters. The molecule has 0 aliphatic heterocycles. The number of benzene rings is 1. The lowest BCUT2D eigenvalue weighted by molar-refractivity contribution is -0.147. The summed E-state index contributed by atoms with van der Waals surface area (Å²) in [5.74, 6) is -0.487. The number of nitrogens with zero attached hydrogens (tertiary/aromatic N) is 2. The van der Waals surface area contributed by atoms with Crippen molar-refractivity contribution in [1.29, 1.82) is 0 Å². The van der Waals surface area contributed by atoms with Crippen molar-refractivity contribution in [3.8, 4) is 0 Å². The van der Waals surface area contributed by atoms with Crippen molar-refractivity contribution in [3.05, 3.63) is 47.2 Å². The molecule has 132 valence electrons. The lowest BCUT2D eigenvalue weighted by atomic mass is 10.0. The van der Waals surface area contributed by atoms with E-state index in [4.69, 9.17) is 9.15 Å². The molecule has 2 saturated carbocycles. The van der Waals surface area contributed by atoms with Gasteiger partial charge in [-0.25, -0.2) is 0 Å². The van der Waals surface area contributed by atoms with Crippen molar-refractivity contribution < 1.29 is 27.1 Å². The Morgan fingerprint density at radius 1 is 1.24 bits per heavy atom. The maximum atomic E-state index is 13.1. The number of halogens is 3. The van der Waals surface area contributed by atoms with Crippen LogP contribution in [0.1, 0.15) is 54.0 Å². The highest BCUT2D eigenvalue weighted by atomic mass is 19.4. The van der Waals surface area contributed by atoms with E-state index in [2.05, 4.69) is 10.2 Å². The van der Waals surface area contributed by atoms with Gasteiger partial charge in [-0.15, -0.1) is 10.2 Å². The standard InChI is InChI=1S/C17H15F3N2O3/c18-17(19,20)13-4-2-1-3-10(13)11-7-12(11)16(23)24-8-14-21-22-15(25-14)9-5-6-9/h1-4,9,11-12H,5-8H2/t11-,12+/m0/s1. The summed E-state index contributed by atoms with van der Waals surface area (Å²) in [5, 5.41) is 7.69. The van der Waals surface area contributed by atoms with Gasteiger partial charge in [-0.3, -0.25) is 4.79 Å². The van der Waals surface area contributed by atoms with Gasteiger partial charge in [0.2, 0.25) is 5.89 Å². The van der Waals surface area contributed by atoms with E-state index in [0.29, 0.717) is 18.2 Å². The van der Waals surface area contributed by atoms with Crippen LogP contribution in [0.5, 0.6) is 0 Å². The number of hydrogen-bond acceptors (Lipinski definition) is 5. The van der Waals surface area contributed by atoms with Gasteiger partial charge in [0, 0.05) is 5.92 Å². The van der Waals surface area contributed by atoms with Crippen LogP contribution in [0.25, 0.3) is 0 Å². The lowest BCUT2D eigenvalue weighted by Crippen LogP contribution is -2.11. The molecule has 2 fully saturated rings. The van der Waals surface area contributed by atoms with Gasteiger partial charge >= 0.3 is 12.1 Å². The first-order valence-corrected chi connectivity index (χ1v) is 8.08. The average Bonchev–Trinajstić information content (AvgIpc) is 3.50. The summed E-state index contributed by atoms with van der Waals surface area (Å²) in [7, 11) is 0. The summed E-state index contributed by atoms with van der Waals surface area (Å²) < 4.78 is 49.7. The molecule has 0 N–H and O–H groups in total. The number of rotatable bonds is 5. The van der Waals surface area contributed by atoms with Crippen molar-refractivity contribution >= 4 is 5.97 Å². The number of carbonyl (C=O) groups excluding carboxylic acids is 1. The topological polar surface area (TPSA) is 65.2 Å². The Bertz CT molecular complexity index is 798. The SMILES string of the molecule is O=C(OCc1nnc(C2CC2)o1)[C@@H]1C[C@H]1c1ccccc1C(F)(F)F. The fourth-order valence-electron chi connectivity index (χ4n) is 2.94. The number of hydrogen-bond donors (Lipinski definition) is 0. The third-order valence-corrected chi connectivity index (χ3v) is 4.51. The molecule has 2 aliphatic carbocycles. The number of carbonyl (C=O) groups is 1. The summed E-state index contributed by atoms with van der Waals surface area (Å²) in [6.45, 7) is -0.150. The zero-order valence-corrected chi connectivity index (χ0v) is 13.1. The molecule has 0 saturated heterocycles. The van der Waals surface area contributed by atoms with Crippen molar-refractivity contribution in [2.75, 3.05) is 0 Å². The Balaban J connectivity index is 1.37. The molecular formula is C17H15F3N2O3. The van der Waals surface area contributed by atoms with Crippen molar-refractivity contribution in [2.24, 2.45) is 5.92 Å². The summed E-state index contributed by atoms with van der Waals surface area (Å²) >= 11 is 0. The molecule has 0 amide bonds. The van der Waals surface area contributed by atoms with Crippen molar-refractivity contribution in [2.45, 2.75) is 43.9 Å². The van der Waals surface area contributed by atoms with Crippen LogP contribution in [0.4, 0.5) is 13.2 Å². The molecule has 2 aliphatic rings. The normalized spacial score (nSPS) is 22.7. The summed E-state index contributed by atoms with van der Waals surface area (Å²) in [6, 6.07) is 5.34. The van der Waals surface area contributed by atoms with E-state index in [-0.39, 0.29) is 18.1 Å². The largest absolute Gasteiger partial charge is 0.455 e. The molecule has 1 aromatic heterocycles. The molecule has 0 spiro atoms. The van der Waals surface area contributed by atoms with Gasteiger partial charge in [0.1, 0.15) is 0 Å². The van der Waals surface area contributed by atoms with Crippen molar-refractivity contribution in [3.63, 3.8) is 0 Å². The molecule has 0 bridgehead atoms. The third-order valence-electron chi connectivity index (χ3n) is 4.51. The number of ether oxygens (including phenoxy) is 1. The minimum Gasteiger partial charge on any atom is -0.455 e. The van der Waals surface area contributed by atoms with Crippen molar-refractivity contribution in [1.82, 2.24) is 10.2 Å². The first-order valence-electron chi connectivity index (χ1n) is 8.08. The zero-order valence-electron chi connectivity index (χ0n) is 13.1. The highest BCUT2D eigenvalue weighted by Gasteiger charge is 2.48. The molecule has 0 radical (unpaired) electrons. The number of aromatic nitrogens is 2. The molecule has 25 heavy (non-hydrogen) atoms. The van der Waals surface area contributed by atoms with E-state index >= 15 is 0 Å². The molecule has 4 rings (SSSR count). The Hall–Kier alpha value is -2.38. The van der Waals surface area contributed by atoms with E-state index in [0.717, 1.165) is 18.9 Å². The van der Waals surface area contributed by atoms with Gasteiger partial charge in [0.25, 0.3) is 5.89 Å². The molecule has 1 aromatic carbocycles. The summed E-state index contributed by atoms with van der Waals surface area (Å²) in [6.07, 6.45) is -2.05. The Labute approximate surface area is 141 Å². The van der Waals surface area contributed by atoms with E-state index in [1.165, 1.54) is 12.1 Å². The van der Waals surface area contributed by atoms with Crippen LogP contribution in [-0.4, -0.2) is 16.2 Å². The third kappa shape index (κ3) is 3.38. The van der Waals surface area contributed by atoms with Crippen LogP contribution in [0.2, 0.25) is 0 Å². The molecular weight excluding hydrogens is 337 g/mol. The average molecular weight is 352 g/mol. The molecule has 2 aromatic rings. The Kier molecular flexibility index (Phi) is 3.77. The molecule has 2 atom stereocenters. The van der Waals surface area contributed by atoms with Gasteiger partial charge in [-0.05, 0) is 36.8 Å². The zero-order chi connectivity index (χ0) is 17.6. The molecule has 8 heteroatoms. The lowest BCUT2D eigenvalue weighted by Gasteiger charge is -2.12. The number of esters is 1. The van der Waals surface area contributed by atoms with Crippen LogP contribution in [0.15, 0.2) is 28.7 Å². The summed E-state index contributed by atoms with van der Waals surface area (Å²) in [5.41, 5.74) is -0.549. The van der Waals surface area contributed by atoms with Crippen LogP contribution < -0.4 is 0 Å². The van der Waals surface area contributed by atoms with Gasteiger partial charge in [-0.1, -0.05) is 18.2 Å². The van der Waals surface area contributed by atoms with Crippen LogP contribution in [0.3, 0.4) is 0 Å². The summed E-state index contributed by atoms with van der Waals surface area (Å²) in [4.78, 5) is 12.1. The first kappa shape index (κ1) is 16.1. The highest BCUT2D eigenvalue weighted by Crippen LogP contribution is 2.51. The van der Waals surface area contributed by atoms with Gasteiger partial charge in [-0.2, -0.15) is 13.2 Å². The second-order valence-corrected chi connectivity index (χ2v) is 6.45. The predicted molar refractivity (Wildman–Crippen MR) is 78.4 cm³/mol. The van der Waals surface area contributed by atoms with E-state index in [1.54, 1.807) is 6.07 Å². The van der Waals surface area contributed by atoms with Gasteiger partial charge < -0.3 is 9.15 Å². The quantitative estimate of drug-likeness (QED) is 0.766. The van der Waals surface area contributed by atoms with Crippen LogP contribution >= 0.6 is 0 Å². The van der Waals surface area contributed by atoms with Gasteiger partial charge in [0.15, 0.2) is 6.61 Å². The number of alkyl halides is 3.